The van der Waals surface area contributed by atoms with Crippen LogP contribution in [0.4, 0.5) is 0 Å². The number of hydrogen-bond acceptors (Lipinski definition) is 5. The lowest BCUT2D eigenvalue weighted by atomic mass is 10.2. The lowest BCUT2D eigenvalue weighted by molar-refractivity contribution is 0.547. The fourth-order valence-electron chi connectivity index (χ4n) is 1.81. The normalized spacial score (nSPS) is 11.4. The molecule has 0 saturated carbocycles. The molecule has 2 rings (SSSR count). The summed E-state index contributed by atoms with van der Waals surface area (Å²) in [7, 11) is 0. The average molecular weight is 263 g/mol. The van der Waals surface area contributed by atoms with Gasteiger partial charge in [0.05, 0.1) is 11.9 Å². The second-order valence-corrected chi connectivity index (χ2v) is 4.92. The molecule has 2 heterocycles. The third kappa shape index (κ3) is 3.85. The van der Waals surface area contributed by atoms with Crippen LogP contribution in [0.5, 0.6) is 0 Å². The van der Waals surface area contributed by atoms with E-state index >= 15 is 0 Å². The molecule has 0 fully saturated rings. The van der Waals surface area contributed by atoms with Gasteiger partial charge in [0.1, 0.15) is 18.7 Å². The fraction of sp³-hybridized carbons (Fsp3) is 0.667. The second-order valence-electron chi connectivity index (χ2n) is 4.92. The molecule has 0 aliphatic carbocycles. The van der Waals surface area contributed by atoms with Crippen molar-refractivity contribution in [2.45, 2.75) is 40.4 Å². The van der Waals surface area contributed by atoms with Gasteiger partial charge in [0, 0.05) is 13.1 Å². The highest BCUT2D eigenvalue weighted by Crippen LogP contribution is 2.00. The Morgan fingerprint density at radius 1 is 1.37 bits per heavy atom. The Morgan fingerprint density at radius 3 is 2.95 bits per heavy atom. The lowest BCUT2D eigenvalue weighted by Gasteiger charge is -2.04. The minimum atomic E-state index is 0.602. The standard InChI is InChI=1S/C12H21N7/c1-4-19-12(14-9-15-19)8-18-7-11(16-17-18)6-13-5-10(2)3/h7,9-10,13H,4-6,8H2,1-3H3. The number of aryl methyl sites for hydroxylation is 1. The van der Waals surface area contributed by atoms with Gasteiger partial charge in [-0.3, -0.25) is 0 Å². The Balaban J connectivity index is 1.90. The quantitative estimate of drug-likeness (QED) is 0.795. The molecule has 2 aromatic rings. The molecule has 104 valence electrons. The molecule has 0 bridgehead atoms. The van der Waals surface area contributed by atoms with Crippen LogP contribution in [-0.4, -0.2) is 36.3 Å². The van der Waals surface area contributed by atoms with Crippen LogP contribution in [0.15, 0.2) is 12.5 Å². The zero-order chi connectivity index (χ0) is 13.7. The lowest BCUT2D eigenvalue weighted by Crippen LogP contribution is -2.19. The van der Waals surface area contributed by atoms with Crippen LogP contribution >= 0.6 is 0 Å². The monoisotopic (exact) mass is 263 g/mol. The molecule has 7 nitrogen and oxygen atoms in total. The SMILES string of the molecule is CCn1ncnc1Cn1cc(CNCC(C)C)nn1. The maximum Gasteiger partial charge on any atom is 0.148 e. The first-order valence-electron chi connectivity index (χ1n) is 6.65. The number of rotatable bonds is 7. The number of aromatic nitrogens is 6. The first kappa shape index (κ1) is 13.7. The van der Waals surface area contributed by atoms with Crippen LogP contribution in [0.1, 0.15) is 32.3 Å². The van der Waals surface area contributed by atoms with E-state index in [9.17, 15) is 0 Å². The van der Waals surface area contributed by atoms with Crippen molar-refractivity contribution < 1.29 is 0 Å². The summed E-state index contributed by atoms with van der Waals surface area (Å²) in [5.41, 5.74) is 0.947. The van der Waals surface area contributed by atoms with Crippen molar-refractivity contribution >= 4 is 0 Å². The van der Waals surface area contributed by atoms with Gasteiger partial charge >= 0.3 is 0 Å². The fourth-order valence-corrected chi connectivity index (χ4v) is 1.81. The van der Waals surface area contributed by atoms with Gasteiger partial charge in [0.15, 0.2) is 0 Å². The highest BCUT2D eigenvalue weighted by molar-refractivity contribution is 4.94. The van der Waals surface area contributed by atoms with Crippen LogP contribution in [-0.2, 0) is 19.6 Å². The summed E-state index contributed by atoms with van der Waals surface area (Å²) in [6.45, 7) is 9.55. The van der Waals surface area contributed by atoms with E-state index in [1.807, 2.05) is 17.8 Å². The van der Waals surface area contributed by atoms with Gasteiger partial charge in [0.25, 0.3) is 0 Å². The van der Waals surface area contributed by atoms with Gasteiger partial charge in [-0.05, 0) is 19.4 Å². The molecule has 0 saturated heterocycles. The van der Waals surface area contributed by atoms with E-state index in [0.717, 1.165) is 31.2 Å². The maximum absolute atomic E-state index is 4.22. The third-order valence-electron chi connectivity index (χ3n) is 2.74. The van der Waals surface area contributed by atoms with Gasteiger partial charge in [-0.1, -0.05) is 19.1 Å². The van der Waals surface area contributed by atoms with E-state index in [4.69, 9.17) is 0 Å². The van der Waals surface area contributed by atoms with Crippen LogP contribution in [0.2, 0.25) is 0 Å². The van der Waals surface area contributed by atoms with Crippen molar-refractivity contribution in [2.24, 2.45) is 5.92 Å². The molecule has 19 heavy (non-hydrogen) atoms. The molecule has 0 unspecified atom stereocenters. The summed E-state index contributed by atoms with van der Waals surface area (Å²) < 4.78 is 3.65. The highest BCUT2D eigenvalue weighted by atomic mass is 15.4. The molecule has 0 radical (unpaired) electrons. The van der Waals surface area contributed by atoms with E-state index < -0.39 is 0 Å². The molecule has 0 atom stereocenters. The maximum atomic E-state index is 4.22. The van der Waals surface area contributed by atoms with Crippen molar-refractivity contribution in [3.8, 4) is 0 Å². The average Bonchev–Trinajstić information content (AvgIpc) is 2.98. The Hall–Kier alpha value is -1.76. The van der Waals surface area contributed by atoms with Crippen LogP contribution in [0, 0.1) is 5.92 Å². The molecular formula is C12H21N7. The van der Waals surface area contributed by atoms with Gasteiger partial charge in [-0.15, -0.1) is 5.10 Å². The van der Waals surface area contributed by atoms with E-state index in [0.29, 0.717) is 12.5 Å². The third-order valence-corrected chi connectivity index (χ3v) is 2.74. The minimum Gasteiger partial charge on any atom is -0.311 e. The molecule has 0 aromatic carbocycles. The van der Waals surface area contributed by atoms with E-state index in [2.05, 4.69) is 39.6 Å². The Kier molecular flexibility index (Phi) is 4.62. The minimum absolute atomic E-state index is 0.602. The summed E-state index contributed by atoms with van der Waals surface area (Å²) in [4.78, 5) is 4.22. The molecular weight excluding hydrogens is 242 g/mol. The number of nitrogens with one attached hydrogen (secondary N) is 1. The van der Waals surface area contributed by atoms with Crippen LogP contribution in [0.25, 0.3) is 0 Å². The predicted octanol–water partition coefficient (Wildman–Crippen LogP) is 0.683. The van der Waals surface area contributed by atoms with Gasteiger partial charge in [-0.25, -0.2) is 14.3 Å². The molecule has 7 heteroatoms. The van der Waals surface area contributed by atoms with E-state index in [-0.39, 0.29) is 0 Å². The Morgan fingerprint density at radius 2 is 2.21 bits per heavy atom. The molecule has 0 spiro atoms. The molecule has 0 aliphatic heterocycles. The van der Waals surface area contributed by atoms with E-state index in [1.165, 1.54) is 0 Å². The van der Waals surface area contributed by atoms with Crippen molar-refractivity contribution in [3.05, 3.63) is 24.0 Å². The van der Waals surface area contributed by atoms with Crippen molar-refractivity contribution in [1.82, 2.24) is 35.1 Å². The van der Waals surface area contributed by atoms with Gasteiger partial charge < -0.3 is 5.32 Å². The first-order valence-corrected chi connectivity index (χ1v) is 6.65. The largest absolute Gasteiger partial charge is 0.311 e. The van der Waals surface area contributed by atoms with Gasteiger partial charge in [-0.2, -0.15) is 5.10 Å². The number of hydrogen-bond donors (Lipinski definition) is 1. The molecule has 2 aromatic heterocycles. The molecule has 0 amide bonds. The topological polar surface area (TPSA) is 73.5 Å². The zero-order valence-electron chi connectivity index (χ0n) is 11.7. The second kappa shape index (κ2) is 6.42. The van der Waals surface area contributed by atoms with Crippen LogP contribution in [0.3, 0.4) is 0 Å². The van der Waals surface area contributed by atoms with E-state index in [1.54, 1.807) is 11.0 Å². The van der Waals surface area contributed by atoms with Crippen molar-refractivity contribution in [2.75, 3.05) is 6.54 Å². The van der Waals surface area contributed by atoms with Gasteiger partial charge in [0.2, 0.25) is 0 Å². The zero-order valence-corrected chi connectivity index (χ0v) is 11.7. The molecule has 0 aliphatic rings. The summed E-state index contributed by atoms with van der Waals surface area (Å²) in [5.74, 6) is 1.53. The van der Waals surface area contributed by atoms with Crippen LogP contribution < -0.4 is 5.32 Å². The Labute approximate surface area is 113 Å². The first-order chi connectivity index (χ1) is 9.19. The smallest absolute Gasteiger partial charge is 0.148 e. The predicted molar refractivity (Wildman–Crippen MR) is 71.4 cm³/mol. The summed E-state index contributed by atoms with van der Waals surface area (Å²) in [5, 5.41) is 15.7. The number of nitrogens with zero attached hydrogens (tertiary/aromatic N) is 6. The summed E-state index contributed by atoms with van der Waals surface area (Å²) in [6.07, 6.45) is 3.52. The highest BCUT2D eigenvalue weighted by Gasteiger charge is 2.06. The molecule has 1 N–H and O–H groups in total. The summed E-state index contributed by atoms with van der Waals surface area (Å²) in [6, 6.07) is 0. The Bertz CT molecular complexity index is 500. The summed E-state index contributed by atoms with van der Waals surface area (Å²) >= 11 is 0. The van der Waals surface area contributed by atoms with Crippen molar-refractivity contribution in [3.63, 3.8) is 0 Å². The van der Waals surface area contributed by atoms with Crippen molar-refractivity contribution in [1.29, 1.82) is 0 Å².